The Labute approximate surface area is 221 Å². The van der Waals surface area contributed by atoms with Gasteiger partial charge in [0.15, 0.2) is 5.50 Å². The lowest BCUT2D eigenvalue weighted by Gasteiger charge is -2.33. The maximum atomic E-state index is 13.0. The molecule has 0 bridgehead atoms. The molecule has 0 saturated heterocycles. The van der Waals surface area contributed by atoms with Gasteiger partial charge in [0.05, 0.1) is 54.9 Å². The van der Waals surface area contributed by atoms with Crippen LogP contribution in [0.25, 0.3) is 0 Å². The number of unbranched alkanes of at least 4 members (excludes halogenated alkanes) is 4. The van der Waals surface area contributed by atoms with Crippen LogP contribution in [0.1, 0.15) is 78.1 Å². The first kappa shape index (κ1) is 34.1. The summed E-state index contributed by atoms with van der Waals surface area (Å²) in [6.07, 6.45) is 7.68. The van der Waals surface area contributed by atoms with Crippen LogP contribution >= 0.6 is 11.6 Å². The fourth-order valence-electron chi connectivity index (χ4n) is 3.96. The number of carbonyl (C=O) groups excluding carboxylic acids is 2. The summed E-state index contributed by atoms with van der Waals surface area (Å²) in [6, 6.07) is 0. The third-order valence-electron chi connectivity index (χ3n) is 6.29. The number of hydrogen-bond acceptors (Lipinski definition) is 3. The van der Waals surface area contributed by atoms with Gasteiger partial charge in [0, 0.05) is 51.9 Å². The number of amides is 2. The van der Waals surface area contributed by atoms with Crippen LogP contribution in [-0.2, 0) is 9.59 Å². The Morgan fingerprint density at radius 2 is 1.23 bits per heavy atom. The molecule has 0 aliphatic heterocycles. The lowest BCUT2D eigenvalue weighted by Crippen LogP contribution is -2.47. The second-order valence-corrected chi connectivity index (χ2v) is 12.5. The molecular weight excluding hydrogens is 464 g/mol. The summed E-state index contributed by atoms with van der Waals surface area (Å²) < 4.78 is 1.45. The SMILES string of the molecule is CCCCCC(=O)N(CCC[N+](C)(C)C)CC(O)CN(CCC(Cl)[N+](C)(C)C)C(=O)CCCCC. The van der Waals surface area contributed by atoms with Crippen LogP contribution in [0.3, 0.4) is 0 Å². The molecule has 0 aromatic carbocycles. The number of halogens is 1. The standard InChI is InChI=1S/C27H57ClN4O3/c1-9-11-13-16-26(34)29(19-15-21-31(3,4)5)22-24(33)23-30(27(35)17-14-12-10-2)20-18-25(28)32(6,7)8/h24-25,33H,9-23H2,1-8H3/q+2. The zero-order valence-electron chi connectivity index (χ0n) is 24.2. The molecule has 0 saturated carbocycles. The van der Waals surface area contributed by atoms with E-state index in [-0.39, 0.29) is 30.4 Å². The van der Waals surface area contributed by atoms with E-state index in [9.17, 15) is 14.7 Å². The first-order valence-electron chi connectivity index (χ1n) is 13.7. The second kappa shape index (κ2) is 17.5. The molecule has 0 fully saturated rings. The Hall–Kier alpha value is -0.890. The number of hydrogen-bond donors (Lipinski definition) is 1. The van der Waals surface area contributed by atoms with Crippen LogP contribution in [0, 0.1) is 0 Å². The molecule has 0 heterocycles. The van der Waals surface area contributed by atoms with Gasteiger partial charge < -0.3 is 23.9 Å². The van der Waals surface area contributed by atoms with E-state index in [1.165, 1.54) is 0 Å². The highest BCUT2D eigenvalue weighted by atomic mass is 35.5. The Kier molecular flexibility index (Phi) is 17.1. The molecule has 0 aliphatic carbocycles. The maximum Gasteiger partial charge on any atom is 0.222 e. The van der Waals surface area contributed by atoms with Crippen LogP contribution < -0.4 is 0 Å². The van der Waals surface area contributed by atoms with Gasteiger partial charge in [-0.3, -0.25) is 9.59 Å². The van der Waals surface area contributed by atoms with Crippen molar-refractivity contribution in [2.45, 2.75) is 89.7 Å². The van der Waals surface area contributed by atoms with Gasteiger partial charge in [-0.2, -0.15) is 0 Å². The summed E-state index contributed by atoms with van der Waals surface area (Å²) in [5, 5.41) is 11.0. The van der Waals surface area contributed by atoms with Crippen LogP contribution in [0.5, 0.6) is 0 Å². The van der Waals surface area contributed by atoms with E-state index < -0.39 is 6.10 Å². The number of carbonyl (C=O) groups is 2. The number of rotatable bonds is 20. The van der Waals surface area contributed by atoms with Gasteiger partial charge >= 0.3 is 0 Å². The number of alkyl halides is 1. The zero-order chi connectivity index (χ0) is 27.1. The minimum absolute atomic E-state index is 0.0635. The van der Waals surface area contributed by atoms with Crippen molar-refractivity contribution in [2.75, 3.05) is 75.0 Å². The van der Waals surface area contributed by atoms with Gasteiger partial charge in [-0.25, -0.2) is 0 Å². The summed E-state index contributed by atoms with van der Waals surface area (Å²) >= 11 is 6.57. The molecular formula is C27H57ClN4O3+2. The monoisotopic (exact) mass is 520 g/mol. The van der Waals surface area contributed by atoms with Gasteiger partial charge in [0.2, 0.25) is 11.8 Å². The van der Waals surface area contributed by atoms with Gasteiger partial charge in [-0.05, 0) is 12.8 Å². The van der Waals surface area contributed by atoms with Gasteiger partial charge in [-0.15, -0.1) is 0 Å². The van der Waals surface area contributed by atoms with Crippen molar-refractivity contribution in [1.29, 1.82) is 0 Å². The van der Waals surface area contributed by atoms with Crippen molar-refractivity contribution in [1.82, 2.24) is 9.80 Å². The first-order valence-corrected chi connectivity index (χ1v) is 14.1. The molecule has 0 aromatic rings. The summed E-state index contributed by atoms with van der Waals surface area (Å²) in [7, 11) is 12.6. The predicted molar refractivity (Wildman–Crippen MR) is 147 cm³/mol. The Morgan fingerprint density at radius 1 is 0.771 bits per heavy atom. The van der Waals surface area contributed by atoms with Gasteiger partial charge in [0.25, 0.3) is 0 Å². The first-order chi connectivity index (χ1) is 16.2. The minimum atomic E-state index is -0.776. The second-order valence-electron chi connectivity index (χ2n) is 12.0. The molecule has 2 unspecified atom stereocenters. The third kappa shape index (κ3) is 17.2. The molecule has 0 rings (SSSR count). The molecule has 0 aromatic heterocycles. The fourth-order valence-corrected chi connectivity index (χ4v) is 4.05. The number of quaternary nitrogens is 2. The molecule has 35 heavy (non-hydrogen) atoms. The fraction of sp³-hybridized carbons (Fsp3) is 0.926. The Morgan fingerprint density at radius 3 is 1.63 bits per heavy atom. The average Bonchev–Trinajstić information content (AvgIpc) is 2.74. The van der Waals surface area contributed by atoms with Crippen molar-refractivity contribution in [3.8, 4) is 0 Å². The molecule has 8 heteroatoms. The van der Waals surface area contributed by atoms with Crippen molar-refractivity contribution >= 4 is 23.4 Å². The van der Waals surface area contributed by atoms with E-state index in [1.54, 1.807) is 4.90 Å². The van der Waals surface area contributed by atoms with Crippen molar-refractivity contribution < 1.29 is 23.7 Å². The van der Waals surface area contributed by atoms with Crippen molar-refractivity contribution in [2.24, 2.45) is 0 Å². The molecule has 2 atom stereocenters. The van der Waals surface area contributed by atoms with Crippen LogP contribution in [0.4, 0.5) is 0 Å². The summed E-state index contributed by atoms with van der Waals surface area (Å²) in [5.41, 5.74) is -0.120. The minimum Gasteiger partial charge on any atom is -0.389 e. The van der Waals surface area contributed by atoms with Gasteiger partial charge in [0.1, 0.15) is 0 Å². The van der Waals surface area contributed by atoms with E-state index in [1.807, 2.05) is 26.0 Å². The van der Waals surface area contributed by atoms with Crippen molar-refractivity contribution in [3.63, 3.8) is 0 Å². The smallest absolute Gasteiger partial charge is 0.222 e. The topological polar surface area (TPSA) is 60.9 Å². The third-order valence-corrected chi connectivity index (χ3v) is 7.09. The molecule has 208 valence electrons. The van der Waals surface area contributed by atoms with Gasteiger partial charge in [-0.1, -0.05) is 51.1 Å². The number of aliphatic hydroxyl groups excluding tert-OH is 1. The number of aliphatic hydroxyl groups is 1. The largest absolute Gasteiger partial charge is 0.389 e. The van der Waals surface area contributed by atoms with Crippen LogP contribution in [0.2, 0.25) is 0 Å². The highest BCUT2D eigenvalue weighted by Gasteiger charge is 2.26. The molecule has 1 N–H and O–H groups in total. The lowest BCUT2D eigenvalue weighted by atomic mass is 10.1. The molecule has 0 aliphatic rings. The maximum absolute atomic E-state index is 13.0. The van der Waals surface area contributed by atoms with E-state index in [0.717, 1.165) is 56.0 Å². The van der Waals surface area contributed by atoms with E-state index in [0.29, 0.717) is 36.8 Å². The Balaban J connectivity index is 5.23. The summed E-state index contributed by atoms with van der Waals surface area (Å²) in [5.74, 6) is 0.166. The molecule has 0 spiro atoms. The van der Waals surface area contributed by atoms with Crippen molar-refractivity contribution in [3.05, 3.63) is 0 Å². The molecule has 2 amide bonds. The quantitative estimate of drug-likeness (QED) is 0.114. The molecule has 7 nitrogen and oxygen atoms in total. The zero-order valence-corrected chi connectivity index (χ0v) is 24.9. The Bertz CT molecular complexity index is 590. The average molecular weight is 521 g/mol. The highest BCUT2D eigenvalue weighted by molar-refractivity contribution is 6.19. The highest BCUT2D eigenvalue weighted by Crippen LogP contribution is 2.15. The van der Waals surface area contributed by atoms with E-state index >= 15 is 0 Å². The normalized spacial score (nSPS) is 14.0. The van der Waals surface area contributed by atoms with Crippen LogP contribution in [-0.4, -0.2) is 122 Å². The number of nitrogens with zero attached hydrogens (tertiary/aromatic N) is 4. The summed E-state index contributed by atoms with van der Waals surface area (Å²) in [6.45, 7) is 6.85. The van der Waals surface area contributed by atoms with Crippen LogP contribution in [0.15, 0.2) is 0 Å². The summed E-state index contributed by atoms with van der Waals surface area (Å²) in [4.78, 5) is 29.5. The lowest BCUT2D eigenvalue weighted by molar-refractivity contribution is -0.882. The van der Waals surface area contributed by atoms with E-state index in [4.69, 9.17) is 11.6 Å². The molecule has 0 radical (unpaired) electrons. The predicted octanol–water partition coefficient (Wildman–Crippen LogP) is 3.92. The van der Waals surface area contributed by atoms with E-state index in [2.05, 4.69) is 35.0 Å².